The minimum atomic E-state index is -0.585. The molecule has 2 atom stereocenters. The fourth-order valence-electron chi connectivity index (χ4n) is 2.71. The van der Waals surface area contributed by atoms with E-state index in [-0.39, 0.29) is 23.2 Å². The van der Waals surface area contributed by atoms with Gasteiger partial charge < -0.3 is 10.1 Å². The second-order valence-corrected chi connectivity index (χ2v) is 5.79. The number of rotatable bonds is 5. The van der Waals surface area contributed by atoms with Crippen molar-refractivity contribution in [1.29, 1.82) is 0 Å². The Labute approximate surface area is 117 Å². The molecule has 2 rings (SSSR count). The van der Waals surface area contributed by atoms with Crippen LogP contribution in [0.25, 0.3) is 0 Å². The molecule has 1 fully saturated rings. The summed E-state index contributed by atoms with van der Waals surface area (Å²) in [6, 6.07) is 3.90. The first-order valence-electron chi connectivity index (χ1n) is 6.54. The summed E-state index contributed by atoms with van der Waals surface area (Å²) in [6.07, 6.45) is 1.10. The maximum atomic E-state index is 13.3. The lowest BCUT2D eigenvalue weighted by Gasteiger charge is -2.51. The van der Waals surface area contributed by atoms with Crippen molar-refractivity contribution in [2.75, 3.05) is 7.11 Å². The molecular formula is C14H19FN2O3. The van der Waals surface area contributed by atoms with E-state index in [4.69, 9.17) is 4.74 Å². The average molecular weight is 282 g/mol. The highest BCUT2D eigenvalue weighted by Crippen LogP contribution is 2.42. The fourth-order valence-corrected chi connectivity index (χ4v) is 2.71. The standard InChI is InChI=1S/C14H19FN2O3/c1-14(2)12(7-13(14)20-3)16-8-9-4-10(15)6-11(5-9)17(18)19/h4-6,12-13,16H,7-8H2,1-3H3. The number of hydrogen-bond acceptors (Lipinski definition) is 4. The van der Waals surface area contributed by atoms with Gasteiger partial charge >= 0.3 is 0 Å². The first kappa shape index (κ1) is 14.9. The lowest BCUT2D eigenvalue weighted by molar-refractivity contribution is -0.385. The SMILES string of the molecule is COC1CC(NCc2cc(F)cc([N+](=O)[O-])c2)C1(C)C. The highest BCUT2D eigenvalue weighted by Gasteiger charge is 2.48. The van der Waals surface area contributed by atoms with E-state index >= 15 is 0 Å². The topological polar surface area (TPSA) is 64.4 Å². The second-order valence-electron chi connectivity index (χ2n) is 5.79. The van der Waals surface area contributed by atoms with Crippen LogP contribution >= 0.6 is 0 Å². The molecule has 6 heteroatoms. The molecule has 1 saturated carbocycles. The Kier molecular flexibility index (Phi) is 4.06. The van der Waals surface area contributed by atoms with Gasteiger partial charge in [0.15, 0.2) is 0 Å². The Morgan fingerprint density at radius 1 is 1.50 bits per heavy atom. The minimum Gasteiger partial charge on any atom is -0.381 e. The summed E-state index contributed by atoms with van der Waals surface area (Å²) in [5.41, 5.74) is 0.367. The molecule has 0 aliphatic heterocycles. The zero-order valence-electron chi connectivity index (χ0n) is 11.9. The minimum absolute atomic E-state index is 0.00794. The van der Waals surface area contributed by atoms with Gasteiger partial charge in [-0.2, -0.15) is 0 Å². The van der Waals surface area contributed by atoms with Crippen LogP contribution in [0.5, 0.6) is 0 Å². The third kappa shape index (κ3) is 2.81. The summed E-state index contributed by atoms with van der Waals surface area (Å²) in [5, 5.41) is 14.0. The van der Waals surface area contributed by atoms with Crippen LogP contribution in [-0.2, 0) is 11.3 Å². The normalized spacial score (nSPS) is 24.2. The maximum absolute atomic E-state index is 13.3. The first-order valence-corrected chi connectivity index (χ1v) is 6.54. The van der Waals surface area contributed by atoms with Crippen LogP contribution < -0.4 is 5.32 Å². The Morgan fingerprint density at radius 3 is 2.75 bits per heavy atom. The first-order chi connectivity index (χ1) is 9.34. The van der Waals surface area contributed by atoms with Crippen molar-refractivity contribution >= 4 is 5.69 Å². The molecule has 0 aromatic heterocycles. The van der Waals surface area contributed by atoms with E-state index in [1.54, 1.807) is 7.11 Å². The van der Waals surface area contributed by atoms with Crippen LogP contribution in [0.1, 0.15) is 25.8 Å². The van der Waals surface area contributed by atoms with Crippen LogP contribution in [0.4, 0.5) is 10.1 Å². The number of methoxy groups -OCH3 is 1. The molecule has 5 nitrogen and oxygen atoms in total. The lowest BCUT2D eigenvalue weighted by atomic mass is 9.64. The van der Waals surface area contributed by atoms with E-state index in [1.807, 2.05) is 0 Å². The zero-order valence-corrected chi connectivity index (χ0v) is 11.9. The van der Waals surface area contributed by atoms with Gasteiger partial charge in [0.25, 0.3) is 5.69 Å². The number of nitrogens with one attached hydrogen (secondary N) is 1. The average Bonchev–Trinajstić information content (AvgIpc) is 2.37. The maximum Gasteiger partial charge on any atom is 0.272 e. The molecule has 0 bridgehead atoms. The molecule has 1 aliphatic carbocycles. The summed E-state index contributed by atoms with van der Waals surface area (Å²) in [7, 11) is 1.69. The number of ether oxygens (including phenoxy) is 1. The van der Waals surface area contributed by atoms with Crippen LogP contribution in [0, 0.1) is 21.3 Å². The van der Waals surface area contributed by atoms with Crippen molar-refractivity contribution in [3.63, 3.8) is 0 Å². The summed E-state index contributed by atoms with van der Waals surface area (Å²) in [4.78, 5) is 10.1. The zero-order chi connectivity index (χ0) is 14.9. The molecule has 1 aromatic rings. The third-order valence-corrected chi connectivity index (χ3v) is 4.17. The Balaban J connectivity index is 2.00. The second kappa shape index (κ2) is 5.46. The summed E-state index contributed by atoms with van der Waals surface area (Å²) in [5.74, 6) is -0.585. The predicted molar refractivity (Wildman–Crippen MR) is 72.9 cm³/mol. The van der Waals surface area contributed by atoms with Crippen molar-refractivity contribution in [2.24, 2.45) is 5.41 Å². The summed E-state index contributed by atoms with van der Waals surface area (Å²) < 4.78 is 18.7. The van der Waals surface area contributed by atoms with Crippen molar-refractivity contribution in [3.8, 4) is 0 Å². The monoisotopic (exact) mass is 282 g/mol. The van der Waals surface area contributed by atoms with Crippen molar-refractivity contribution in [2.45, 2.75) is 39.0 Å². The molecule has 1 aliphatic rings. The van der Waals surface area contributed by atoms with E-state index in [0.29, 0.717) is 12.1 Å². The molecule has 0 spiro atoms. The smallest absolute Gasteiger partial charge is 0.272 e. The number of halogens is 1. The van der Waals surface area contributed by atoms with Gasteiger partial charge in [-0.15, -0.1) is 0 Å². The van der Waals surface area contributed by atoms with E-state index in [1.165, 1.54) is 12.1 Å². The van der Waals surface area contributed by atoms with Crippen molar-refractivity contribution in [1.82, 2.24) is 5.32 Å². The predicted octanol–water partition coefficient (Wildman–Crippen LogP) is 2.64. The van der Waals surface area contributed by atoms with Gasteiger partial charge in [0, 0.05) is 31.2 Å². The van der Waals surface area contributed by atoms with E-state index in [2.05, 4.69) is 19.2 Å². The molecular weight excluding hydrogens is 263 g/mol. The van der Waals surface area contributed by atoms with Crippen molar-refractivity contribution in [3.05, 3.63) is 39.7 Å². The number of non-ortho nitro benzene ring substituents is 1. The Hall–Kier alpha value is -1.53. The number of nitro benzene ring substituents is 1. The summed E-state index contributed by atoms with van der Waals surface area (Å²) >= 11 is 0. The quantitative estimate of drug-likeness (QED) is 0.666. The van der Waals surface area contributed by atoms with Gasteiger partial charge in [-0.25, -0.2) is 4.39 Å². The number of nitro groups is 1. The molecule has 1 N–H and O–H groups in total. The molecule has 110 valence electrons. The van der Waals surface area contributed by atoms with E-state index in [0.717, 1.165) is 12.5 Å². The van der Waals surface area contributed by atoms with Crippen LogP contribution in [0.2, 0.25) is 0 Å². The number of benzene rings is 1. The van der Waals surface area contributed by atoms with Gasteiger partial charge in [-0.3, -0.25) is 10.1 Å². The third-order valence-electron chi connectivity index (χ3n) is 4.17. The van der Waals surface area contributed by atoms with Crippen molar-refractivity contribution < 1.29 is 14.1 Å². The molecule has 0 amide bonds. The van der Waals surface area contributed by atoms with E-state index in [9.17, 15) is 14.5 Å². The molecule has 2 unspecified atom stereocenters. The number of hydrogen-bond donors (Lipinski definition) is 1. The Bertz CT molecular complexity index is 519. The number of nitrogens with zero attached hydrogens (tertiary/aromatic N) is 1. The molecule has 1 aromatic carbocycles. The summed E-state index contributed by atoms with van der Waals surface area (Å²) in [6.45, 7) is 4.62. The van der Waals surface area contributed by atoms with Gasteiger partial charge in [0.05, 0.1) is 17.1 Å². The highest BCUT2D eigenvalue weighted by atomic mass is 19.1. The molecule has 0 radical (unpaired) electrons. The van der Waals surface area contributed by atoms with Gasteiger partial charge in [0.2, 0.25) is 0 Å². The van der Waals surface area contributed by atoms with Crippen LogP contribution in [0.3, 0.4) is 0 Å². The molecule has 0 heterocycles. The van der Waals surface area contributed by atoms with Gasteiger partial charge in [-0.05, 0) is 18.1 Å². The van der Waals surface area contributed by atoms with Gasteiger partial charge in [-0.1, -0.05) is 13.8 Å². The van der Waals surface area contributed by atoms with E-state index < -0.39 is 10.7 Å². The molecule has 20 heavy (non-hydrogen) atoms. The largest absolute Gasteiger partial charge is 0.381 e. The fraction of sp³-hybridized carbons (Fsp3) is 0.571. The molecule has 0 saturated heterocycles. The lowest BCUT2D eigenvalue weighted by Crippen LogP contribution is -2.60. The van der Waals surface area contributed by atoms with Crippen LogP contribution in [-0.4, -0.2) is 24.2 Å². The van der Waals surface area contributed by atoms with Crippen LogP contribution in [0.15, 0.2) is 18.2 Å². The van der Waals surface area contributed by atoms with Gasteiger partial charge in [0.1, 0.15) is 5.82 Å². The Morgan fingerprint density at radius 2 is 2.20 bits per heavy atom. The highest BCUT2D eigenvalue weighted by molar-refractivity contribution is 5.35.